The van der Waals surface area contributed by atoms with Gasteiger partial charge in [-0.15, -0.1) is 0 Å². The molecule has 0 bridgehead atoms. The molecule has 5 nitrogen and oxygen atoms in total. The van der Waals surface area contributed by atoms with Crippen molar-refractivity contribution in [2.24, 2.45) is 4.99 Å². The molecule has 25 heavy (non-hydrogen) atoms. The Bertz CT molecular complexity index is 767. The number of anilines is 1. The standard InChI is InChI=1S/C12H7ClF6N4OS/c13-6-3-5(11(14,15)16)4-20-7(6)21-10(12(17,18)19)8(24)23-1-2-25-9(23)22-10/h3-4H,1-2H2,(H,20,21)/t10-/m0/s1. The SMILES string of the molecule is O=C1N2CCSC2=N[C@]1(Nc1ncc(C(F)(F)F)cc1Cl)C(F)(F)F. The molecule has 1 aromatic rings. The van der Waals surface area contributed by atoms with E-state index in [2.05, 4.69) is 9.98 Å². The number of carbonyl (C=O) groups excluding carboxylic acids is 1. The van der Waals surface area contributed by atoms with Gasteiger partial charge in [0.05, 0.1) is 10.6 Å². The Kier molecular flexibility index (Phi) is 4.10. The molecule has 2 aliphatic heterocycles. The van der Waals surface area contributed by atoms with Crippen molar-refractivity contribution in [2.75, 3.05) is 17.6 Å². The number of aliphatic imine (C=N–C) groups is 1. The number of rotatable bonds is 2. The van der Waals surface area contributed by atoms with Gasteiger partial charge in [0, 0.05) is 18.5 Å². The molecule has 1 atom stereocenters. The molecule has 1 fully saturated rings. The molecule has 0 spiro atoms. The fraction of sp³-hybridized carbons (Fsp3) is 0.417. The minimum atomic E-state index is -5.16. The number of amidine groups is 1. The Labute approximate surface area is 145 Å². The summed E-state index contributed by atoms with van der Waals surface area (Å²) in [5.74, 6) is -1.70. The van der Waals surface area contributed by atoms with Gasteiger partial charge in [0.25, 0.3) is 5.91 Å². The molecule has 3 rings (SSSR count). The lowest BCUT2D eigenvalue weighted by Crippen LogP contribution is -2.58. The van der Waals surface area contributed by atoms with Crippen molar-refractivity contribution in [1.29, 1.82) is 0 Å². The first-order chi connectivity index (χ1) is 11.5. The lowest BCUT2D eigenvalue weighted by Gasteiger charge is -2.29. The van der Waals surface area contributed by atoms with Crippen LogP contribution in [0.2, 0.25) is 5.02 Å². The number of nitrogens with zero attached hydrogens (tertiary/aromatic N) is 3. The van der Waals surface area contributed by atoms with Gasteiger partial charge in [-0.25, -0.2) is 9.98 Å². The molecule has 1 aromatic heterocycles. The first-order valence-corrected chi connectivity index (χ1v) is 7.94. The first-order valence-electron chi connectivity index (χ1n) is 6.58. The Balaban J connectivity index is 2.02. The third-order valence-corrected chi connectivity index (χ3v) is 4.72. The second kappa shape index (κ2) is 5.66. The number of amides is 1. The van der Waals surface area contributed by atoms with Gasteiger partial charge in [0.1, 0.15) is 5.82 Å². The molecule has 0 unspecified atom stereocenters. The van der Waals surface area contributed by atoms with Crippen LogP contribution >= 0.6 is 23.4 Å². The number of hydrogen-bond acceptors (Lipinski definition) is 5. The lowest BCUT2D eigenvalue weighted by molar-refractivity contribution is -0.185. The minimum absolute atomic E-state index is 0.0516. The second-order valence-electron chi connectivity index (χ2n) is 5.08. The largest absolute Gasteiger partial charge is 0.442 e. The van der Waals surface area contributed by atoms with E-state index >= 15 is 0 Å². The van der Waals surface area contributed by atoms with Crippen LogP contribution in [0.5, 0.6) is 0 Å². The maximum atomic E-state index is 13.6. The predicted molar refractivity (Wildman–Crippen MR) is 78.3 cm³/mol. The maximum absolute atomic E-state index is 13.6. The van der Waals surface area contributed by atoms with E-state index in [1.54, 1.807) is 5.32 Å². The quantitative estimate of drug-likeness (QED) is 0.768. The highest BCUT2D eigenvalue weighted by atomic mass is 35.5. The van der Waals surface area contributed by atoms with E-state index < -0.39 is 40.3 Å². The smallest absolute Gasteiger partial charge is 0.329 e. The summed E-state index contributed by atoms with van der Waals surface area (Å²) in [5.41, 5.74) is -4.60. The second-order valence-corrected chi connectivity index (χ2v) is 6.55. The normalized spacial score (nSPS) is 23.7. The number of nitrogens with one attached hydrogen (secondary N) is 1. The summed E-state index contributed by atoms with van der Waals surface area (Å²) in [6.07, 6.45) is -9.60. The number of aromatic nitrogens is 1. The predicted octanol–water partition coefficient (Wildman–Crippen LogP) is 3.37. The van der Waals surface area contributed by atoms with Crippen molar-refractivity contribution < 1.29 is 31.1 Å². The summed E-state index contributed by atoms with van der Waals surface area (Å²) in [5, 5.41) is 0.963. The lowest BCUT2D eigenvalue weighted by atomic mass is 10.1. The first kappa shape index (κ1) is 18.1. The van der Waals surface area contributed by atoms with E-state index in [-0.39, 0.29) is 11.7 Å². The molecule has 1 amide bonds. The molecule has 0 aromatic carbocycles. The van der Waals surface area contributed by atoms with Crippen LogP contribution in [0.4, 0.5) is 32.2 Å². The van der Waals surface area contributed by atoms with Gasteiger partial charge in [-0.3, -0.25) is 9.69 Å². The van der Waals surface area contributed by atoms with Crippen molar-refractivity contribution in [2.45, 2.75) is 18.0 Å². The summed E-state index contributed by atoms with van der Waals surface area (Å²) in [7, 11) is 0. The average molecular weight is 405 g/mol. The van der Waals surface area contributed by atoms with Crippen LogP contribution in [0.1, 0.15) is 5.56 Å². The summed E-state index contributed by atoms with van der Waals surface area (Å²) in [6, 6.07) is 0.420. The van der Waals surface area contributed by atoms with Crippen LogP contribution in [-0.2, 0) is 11.0 Å². The summed E-state index contributed by atoms with van der Waals surface area (Å²) >= 11 is 6.59. The number of carbonyl (C=O) groups is 1. The number of hydrogen-bond donors (Lipinski definition) is 1. The topological polar surface area (TPSA) is 57.6 Å². The van der Waals surface area contributed by atoms with Crippen molar-refractivity contribution in [3.8, 4) is 0 Å². The molecule has 3 heterocycles. The Morgan fingerprint density at radius 1 is 1.28 bits per heavy atom. The van der Waals surface area contributed by atoms with Gasteiger partial charge in [-0.1, -0.05) is 23.4 Å². The van der Waals surface area contributed by atoms with Crippen molar-refractivity contribution >= 4 is 40.3 Å². The molecule has 0 radical (unpaired) electrons. The molecule has 13 heteroatoms. The summed E-state index contributed by atoms with van der Waals surface area (Å²) in [6.45, 7) is 0.0516. The Morgan fingerprint density at radius 3 is 2.48 bits per heavy atom. The van der Waals surface area contributed by atoms with E-state index in [1.807, 2.05) is 0 Å². The van der Waals surface area contributed by atoms with Crippen LogP contribution < -0.4 is 5.32 Å². The van der Waals surface area contributed by atoms with Gasteiger partial charge in [-0.05, 0) is 6.07 Å². The molecule has 1 saturated heterocycles. The number of fused-ring (bicyclic) bond motifs is 1. The molecular formula is C12H7ClF6N4OS. The van der Waals surface area contributed by atoms with Crippen LogP contribution in [0, 0.1) is 0 Å². The zero-order chi connectivity index (χ0) is 18.6. The molecular weight excluding hydrogens is 398 g/mol. The summed E-state index contributed by atoms with van der Waals surface area (Å²) in [4.78, 5) is 19.9. The third-order valence-electron chi connectivity index (χ3n) is 3.47. The Morgan fingerprint density at radius 2 is 1.96 bits per heavy atom. The number of thioether (sulfide) groups is 1. The summed E-state index contributed by atoms with van der Waals surface area (Å²) < 4.78 is 78.6. The Hall–Kier alpha value is -1.69. The van der Waals surface area contributed by atoms with Gasteiger partial charge in [0.15, 0.2) is 5.17 Å². The van der Waals surface area contributed by atoms with E-state index in [0.29, 0.717) is 18.0 Å². The van der Waals surface area contributed by atoms with Crippen LogP contribution in [0.3, 0.4) is 0 Å². The van der Waals surface area contributed by atoms with Gasteiger partial charge in [-0.2, -0.15) is 26.3 Å². The van der Waals surface area contributed by atoms with Gasteiger partial charge < -0.3 is 5.32 Å². The zero-order valence-electron chi connectivity index (χ0n) is 11.9. The molecule has 0 aliphatic carbocycles. The highest BCUT2D eigenvalue weighted by molar-refractivity contribution is 8.14. The van der Waals surface area contributed by atoms with Crippen LogP contribution in [0.25, 0.3) is 0 Å². The van der Waals surface area contributed by atoms with Crippen molar-refractivity contribution in [3.05, 3.63) is 22.8 Å². The average Bonchev–Trinajstić information content (AvgIpc) is 3.02. The number of pyridine rings is 1. The van der Waals surface area contributed by atoms with E-state index in [4.69, 9.17) is 11.6 Å². The molecule has 0 saturated carbocycles. The van der Waals surface area contributed by atoms with E-state index in [0.717, 1.165) is 16.7 Å². The zero-order valence-corrected chi connectivity index (χ0v) is 13.4. The highest BCUT2D eigenvalue weighted by Gasteiger charge is 2.67. The monoisotopic (exact) mass is 404 g/mol. The number of alkyl halides is 6. The van der Waals surface area contributed by atoms with Crippen molar-refractivity contribution in [1.82, 2.24) is 9.88 Å². The minimum Gasteiger partial charge on any atom is -0.329 e. The van der Waals surface area contributed by atoms with E-state index in [1.165, 1.54) is 0 Å². The number of halogens is 7. The molecule has 1 N–H and O–H groups in total. The maximum Gasteiger partial charge on any atom is 0.442 e. The third kappa shape index (κ3) is 2.90. The van der Waals surface area contributed by atoms with Gasteiger partial charge in [0.2, 0.25) is 0 Å². The van der Waals surface area contributed by atoms with E-state index in [9.17, 15) is 31.1 Å². The van der Waals surface area contributed by atoms with Crippen molar-refractivity contribution in [3.63, 3.8) is 0 Å². The highest BCUT2D eigenvalue weighted by Crippen LogP contribution is 2.44. The van der Waals surface area contributed by atoms with Crippen LogP contribution in [0.15, 0.2) is 17.3 Å². The van der Waals surface area contributed by atoms with Gasteiger partial charge >= 0.3 is 18.0 Å². The van der Waals surface area contributed by atoms with Crippen LogP contribution in [-0.4, -0.2) is 45.1 Å². The fourth-order valence-electron chi connectivity index (χ4n) is 2.26. The molecule has 2 aliphatic rings. The molecule has 136 valence electrons. The fourth-order valence-corrected chi connectivity index (χ4v) is 3.46.